The summed E-state index contributed by atoms with van der Waals surface area (Å²) >= 11 is 0. The van der Waals surface area contributed by atoms with Crippen molar-refractivity contribution in [3.8, 4) is 0 Å². The van der Waals surface area contributed by atoms with Crippen molar-refractivity contribution in [2.45, 2.75) is 104 Å². The van der Waals surface area contributed by atoms with Gasteiger partial charge in [0, 0.05) is 11.8 Å². The van der Waals surface area contributed by atoms with Crippen LogP contribution in [0.4, 0.5) is 0 Å². The van der Waals surface area contributed by atoms with Gasteiger partial charge in [-0.1, -0.05) is 33.8 Å². The summed E-state index contributed by atoms with van der Waals surface area (Å²) in [5.74, 6) is 2.93. The summed E-state index contributed by atoms with van der Waals surface area (Å²) in [7, 11) is -1.77. The smallest absolute Gasteiger partial charge is 0.187 e. The molecule has 0 heterocycles. The van der Waals surface area contributed by atoms with Crippen molar-refractivity contribution in [2.24, 2.45) is 34.5 Å². The quantitative estimate of drug-likeness (QED) is 0.468. The zero-order valence-electron chi connectivity index (χ0n) is 19.5. The first-order valence-corrected chi connectivity index (χ1v) is 15.2. The normalized spacial score (nSPS) is 44.9. The average molecular weight is 419 g/mol. The summed E-state index contributed by atoms with van der Waals surface area (Å²) in [5.41, 5.74) is 1.27. The largest absolute Gasteiger partial charge is 0.411 e. The van der Waals surface area contributed by atoms with Gasteiger partial charge in [0.25, 0.3) is 0 Å². The van der Waals surface area contributed by atoms with E-state index < -0.39 is 14.4 Å². The number of aliphatic hydroxyl groups is 1. The van der Waals surface area contributed by atoms with Gasteiger partial charge >= 0.3 is 0 Å². The lowest BCUT2D eigenvalue weighted by atomic mass is 9.47. The van der Waals surface area contributed by atoms with E-state index in [1.807, 2.05) is 0 Å². The fraction of sp³-hybridized carbons (Fsp3) is 0.880. The number of carbonyl (C=O) groups is 1. The second-order valence-electron chi connectivity index (χ2n) is 12.1. The number of allylic oxidation sites excluding steroid dienone is 1. The second kappa shape index (κ2) is 7.31. The Morgan fingerprint density at radius 3 is 2.48 bits per heavy atom. The molecule has 29 heavy (non-hydrogen) atoms. The van der Waals surface area contributed by atoms with E-state index in [-0.39, 0.29) is 16.9 Å². The van der Waals surface area contributed by atoms with Crippen LogP contribution in [0.1, 0.15) is 72.6 Å². The SMILES string of the molecule is CC(C)C[Si](C)(C)OC1CC[C@@]2(C)C(=CC[C@@H]3[C@H]2CC[C@]2(C)C(=O)CC[C@@H]32)C1O. The molecule has 3 saturated carbocycles. The van der Waals surface area contributed by atoms with Gasteiger partial charge in [-0.25, -0.2) is 0 Å². The molecule has 164 valence electrons. The van der Waals surface area contributed by atoms with Crippen molar-refractivity contribution < 1.29 is 14.3 Å². The molecule has 7 atom stereocenters. The molecule has 4 rings (SSSR count). The maximum atomic E-state index is 12.6. The molecule has 0 aliphatic heterocycles. The van der Waals surface area contributed by atoms with E-state index in [0.717, 1.165) is 51.0 Å². The monoisotopic (exact) mass is 418 g/mol. The Kier molecular flexibility index (Phi) is 5.48. The fourth-order valence-corrected chi connectivity index (χ4v) is 11.2. The molecule has 2 unspecified atom stereocenters. The van der Waals surface area contributed by atoms with Crippen LogP contribution in [0.25, 0.3) is 0 Å². The molecule has 0 bridgehead atoms. The van der Waals surface area contributed by atoms with Gasteiger partial charge in [0.05, 0.1) is 6.10 Å². The first-order chi connectivity index (χ1) is 13.5. The van der Waals surface area contributed by atoms with E-state index in [2.05, 4.69) is 46.9 Å². The maximum absolute atomic E-state index is 12.6. The van der Waals surface area contributed by atoms with Gasteiger partial charge in [0.1, 0.15) is 11.9 Å². The highest BCUT2D eigenvalue weighted by Gasteiger charge is 2.59. The van der Waals surface area contributed by atoms with Gasteiger partial charge < -0.3 is 9.53 Å². The second-order valence-corrected chi connectivity index (χ2v) is 16.3. The molecule has 0 radical (unpaired) electrons. The minimum atomic E-state index is -1.77. The van der Waals surface area contributed by atoms with Crippen LogP contribution in [0.15, 0.2) is 11.6 Å². The Morgan fingerprint density at radius 1 is 1.14 bits per heavy atom. The van der Waals surface area contributed by atoms with E-state index in [0.29, 0.717) is 29.5 Å². The molecular weight excluding hydrogens is 376 g/mol. The molecule has 0 aromatic rings. The first-order valence-electron chi connectivity index (χ1n) is 12.1. The van der Waals surface area contributed by atoms with Crippen molar-refractivity contribution in [3.05, 3.63) is 11.6 Å². The molecule has 4 aliphatic carbocycles. The van der Waals surface area contributed by atoms with Crippen LogP contribution in [0.2, 0.25) is 19.1 Å². The number of hydrogen-bond acceptors (Lipinski definition) is 3. The molecule has 0 aromatic carbocycles. The van der Waals surface area contributed by atoms with Crippen molar-refractivity contribution in [3.63, 3.8) is 0 Å². The molecule has 3 nitrogen and oxygen atoms in total. The highest BCUT2D eigenvalue weighted by atomic mass is 28.4. The Bertz CT molecular complexity index is 698. The van der Waals surface area contributed by atoms with Gasteiger partial charge in [-0.2, -0.15) is 0 Å². The first kappa shape index (κ1) is 21.8. The lowest BCUT2D eigenvalue weighted by Crippen LogP contribution is -2.55. The van der Waals surface area contributed by atoms with Gasteiger partial charge in [0.15, 0.2) is 8.32 Å². The van der Waals surface area contributed by atoms with Crippen LogP contribution in [0, 0.1) is 34.5 Å². The zero-order valence-corrected chi connectivity index (χ0v) is 20.5. The third-order valence-electron chi connectivity index (χ3n) is 9.22. The van der Waals surface area contributed by atoms with Crippen LogP contribution in [-0.4, -0.2) is 31.4 Å². The molecule has 0 aromatic heterocycles. The minimum absolute atomic E-state index is 0.0341. The number of rotatable bonds is 4. The standard InChI is InChI=1S/C25H42O3Si/c1-16(2)15-29(5,6)28-21-12-14-24(3)19-11-13-25(4)18(9-10-22(25)26)17(19)7-8-20(24)23(21)27/h8,16-19,21,23,27H,7,9-15H2,1-6H3/t17-,18-,19+,21?,23?,24+,25-/m0/s1. The van der Waals surface area contributed by atoms with Crippen molar-refractivity contribution in [1.29, 1.82) is 0 Å². The van der Waals surface area contributed by atoms with E-state index >= 15 is 0 Å². The molecule has 1 N–H and O–H groups in total. The van der Waals surface area contributed by atoms with Crippen LogP contribution >= 0.6 is 0 Å². The van der Waals surface area contributed by atoms with Gasteiger partial charge in [-0.3, -0.25) is 4.79 Å². The molecule has 4 heteroatoms. The van der Waals surface area contributed by atoms with Crippen LogP contribution in [0.5, 0.6) is 0 Å². The highest BCUT2D eigenvalue weighted by Crippen LogP contribution is 2.64. The predicted octanol–water partition coefficient (Wildman–Crippen LogP) is 5.74. The van der Waals surface area contributed by atoms with E-state index in [9.17, 15) is 9.90 Å². The molecule has 4 aliphatic rings. The number of fused-ring (bicyclic) bond motifs is 5. The summed E-state index contributed by atoms with van der Waals surface area (Å²) in [6.45, 7) is 13.8. The number of Topliss-reactive ketones (excluding diaryl/α,β-unsaturated/α-hetero) is 1. The van der Waals surface area contributed by atoms with E-state index in [4.69, 9.17) is 4.43 Å². The molecule has 0 spiro atoms. The summed E-state index contributed by atoms with van der Waals surface area (Å²) in [4.78, 5) is 12.6. The van der Waals surface area contributed by atoms with E-state index in [1.165, 1.54) is 5.57 Å². The fourth-order valence-electron chi connectivity index (χ4n) is 8.04. The summed E-state index contributed by atoms with van der Waals surface area (Å²) in [5, 5.41) is 11.4. The van der Waals surface area contributed by atoms with E-state index in [1.54, 1.807) is 0 Å². The van der Waals surface area contributed by atoms with Crippen molar-refractivity contribution in [2.75, 3.05) is 0 Å². The lowest BCUT2D eigenvalue weighted by Gasteiger charge is -2.58. The topological polar surface area (TPSA) is 46.5 Å². The van der Waals surface area contributed by atoms with Crippen LogP contribution in [0.3, 0.4) is 0 Å². The Labute approximate surface area is 178 Å². The molecule has 0 saturated heterocycles. The predicted molar refractivity (Wildman–Crippen MR) is 120 cm³/mol. The number of carbonyl (C=O) groups excluding carboxylic acids is 1. The lowest BCUT2D eigenvalue weighted by molar-refractivity contribution is -0.132. The summed E-state index contributed by atoms with van der Waals surface area (Å²) < 4.78 is 6.63. The highest BCUT2D eigenvalue weighted by molar-refractivity contribution is 6.71. The zero-order chi connectivity index (χ0) is 21.2. The third-order valence-corrected chi connectivity index (χ3v) is 12.0. The van der Waals surface area contributed by atoms with Crippen molar-refractivity contribution in [1.82, 2.24) is 0 Å². The minimum Gasteiger partial charge on any atom is -0.411 e. The van der Waals surface area contributed by atoms with Gasteiger partial charge in [0.2, 0.25) is 0 Å². The third kappa shape index (κ3) is 3.51. The van der Waals surface area contributed by atoms with Crippen molar-refractivity contribution >= 4 is 14.1 Å². The maximum Gasteiger partial charge on any atom is 0.187 e. The molecule has 3 fully saturated rings. The Hall–Kier alpha value is -0.453. The van der Waals surface area contributed by atoms with Crippen LogP contribution in [-0.2, 0) is 9.22 Å². The Balaban J connectivity index is 1.55. The number of hydrogen-bond donors (Lipinski definition) is 1. The molecular formula is C25H42O3Si. The van der Waals surface area contributed by atoms with Gasteiger partial charge in [-0.05, 0) is 92.3 Å². The number of aliphatic hydroxyl groups excluding tert-OH is 1. The summed E-state index contributed by atoms with van der Waals surface area (Å²) in [6, 6.07) is 1.14. The van der Waals surface area contributed by atoms with Gasteiger partial charge in [-0.15, -0.1) is 0 Å². The summed E-state index contributed by atoms with van der Waals surface area (Å²) in [6.07, 6.45) is 9.06. The number of ketones is 1. The van der Waals surface area contributed by atoms with Crippen LogP contribution < -0.4 is 0 Å². The molecule has 0 amide bonds. The Morgan fingerprint density at radius 2 is 1.79 bits per heavy atom. The average Bonchev–Trinajstić information content (AvgIpc) is 2.92.